The van der Waals surface area contributed by atoms with Gasteiger partial charge in [0.1, 0.15) is 0 Å². The number of aromatic nitrogens is 3. The van der Waals surface area contributed by atoms with E-state index in [1.807, 2.05) is 11.6 Å². The lowest BCUT2D eigenvalue weighted by atomic mass is 9.90. The van der Waals surface area contributed by atoms with Crippen molar-refractivity contribution in [2.24, 2.45) is 0 Å². The molecular weight excluding hydrogens is 401 g/mol. The number of rotatable bonds is 3. The van der Waals surface area contributed by atoms with Crippen LogP contribution in [0, 0.1) is 12.7 Å². The predicted molar refractivity (Wildman–Crippen MR) is 118 cm³/mol. The highest BCUT2D eigenvalue weighted by Crippen LogP contribution is 2.39. The van der Waals surface area contributed by atoms with E-state index in [4.69, 9.17) is 11.6 Å². The summed E-state index contributed by atoms with van der Waals surface area (Å²) in [4.78, 5) is 0. The predicted octanol–water partition coefficient (Wildman–Crippen LogP) is 4.98. The van der Waals surface area contributed by atoms with E-state index in [1.165, 1.54) is 11.1 Å². The van der Waals surface area contributed by atoms with E-state index >= 15 is 0 Å². The molecule has 0 spiro atoms. The number of fused-ring (bicyclic) bond motifs is 3. The second kappa shape index (κ2) is 7.85. The molecule has 0 amide bonds. The first-order valence-electron chi connectivity index (χ1n) is 10.3. The monoisotopic (exact) mass is 423 g/mol. The minimum absolute atomic E-state index is 0.0728. The quantitative estimate of drug-likeness (QED) is 0.623. The number of halogens is 2. The topological polar surface area (TPSA) is 54.8 Å². The molecule has 0 aliphatic carbocycles. The first-order chi connectivity index (χ1) is 14.6. The molecule has 0 saturated carbocycles. The Balaban J connectivity index is 1.62. The molecule has 2 aliphatic rings. The average molecular weight is 424 g/mol. The molecule has 2 aromatic carbocycles. The Morgan fingerprint density at radius 1 is 1.27 bits per heavy atom. The molecule has 1 unspecified atom stereocenters. The largest absolute Gasteiger partial charge is 0.376 e. The Kier molecular flexibility index (Phi) is 5.05. The number of hydrogen-bond acceptors (Lipinski definition) is 4. The van der Waals surface area contributed by atoms with Gasteiger partial charge in [-0.05, 0) is 61.2 Å². The van der Waals surface area contributed by atoms with E-state index in [9.17, 15) is 4.39 Å². The summed E-state index contributed by atoms with van der Waals surface area (Å²) in [6.45, 7) is 4.55. The molecule has 7 heteroatoms. The van der Waals surface area contributed by atoms with Gasteiger partial charge < -0.3 is 10.6 Å². The smallest absolute Gasteiger partial charge is 0.164 e. The van der Waals surface area contributed by atoms with Gasteiger partial charge in [-0.2, -0.15) is 0 Å². The minimum Gasteiger partial charge on any atom is -0.376 e. The zero-order chi connectivity index (χ0) is 20.7. The fourth-order valence-corrected chi connectivity index (χ4v) is 4.58. The lowest BCUT2D eigenvalue weighted by Gasteiger charge is -2.23. The third-order valence-corrected chi connectivity index (χ3v) is 6.22. The van der Waals surface area contributed by atoms with Gasteiger partial charge in [-0.25, -0.2) is 9.07 Å². The summed E-state index contributed by atoms with van der Waals surface area (Å²) in [7, 11) is 0. The number of nitrogens with zero attached hydrogens (tertiary/aromatic N) is 3. The van der Waals surface area contributed by atoms with Crippen LogP contribution >= 0.6 is 11.6 Å². The third-order valence-electron chi connectivity index (χ3n) is 5.93. The van der Waals surface area contributed by atoms with Crippen molar-refractivity contribution in [3.05, 3.63) is 70.1 Å². The molecule has 0 bridgehead atoms. The number of anilines is 1. The van der Waals surface area contributed by atoms with Crippen LogP contribution in [0.2, 0.25) is 5.02 Å². The van der Waals surface area contributed by atoms with Crippen molar-refractivity contribution in [2.45, 2.75) is 32.4 Å². The molecule has 0 fully saturated rings. The number of aryl methyl sites for hydroxylation is 2. The average Bonchev–Trinajstić information content (AvgIpc) is 3.06. The number of nitrogens with one attached hydrogen (secondary N) is 2. The maximum absolute atomic E-state index is 14.6. The lowest BCUT2D eigenvalue weighted by molar-refractivity contribution is 0.536. The van der Waals surface area contributed by atoms with E-state index in [2.05, 4.69) is 45.2 Å². The van der Waals surface area contributed by atoms with E-state index in [1.54, 1.807) is 18.2 Å². The molecule has 3 heterocycles. The van der Waals surface area contributed by atoms with E-state index in [0.29, 0.717) is 12.2 Å². The van der Waals surface area contributed by atoms with Crippen molar-refractivity contribution < 1.29 is 4.39 Å². The molecule has 5 nitrogen and oxygen atoms in total. The van der Waals surface area contributed by atoms with Crippen LogP contribution in [0.5, 0.6) is 0 Å². The first kappa shape index (κ1) is 19.3. The van der Waals surface area contributed by atoms with Crippen LogP contribution in [0.15, 0.2) is 42.5 Å². The zero-order valence-electron chi connectivity index (χ0n) is 16.8. The molecule has 3 aromatic rings. The van der Waals surface area contributed by atoms with Crippen LogP contribution in [0.1, 0.15) is 35.7 Å². The van der Waals surface area contributed by atoms with Crippen LogP contribution in [0.25, 0.3) is 16.8 Å². The summed E-state index contributed by atoms with van der Waals surface area (Å²) < 4.78 is 16.6. The van der Waals surface area contributed by atoms with Crippen molar-refractivity contribution in [3.8, 4) is 11.3 Å². The summed E-state index contributed by atoms with van der Waals surface area (Å²) in [5, 5.41) is 15.5. The second-order valence-corrected chi connectivity index (χ2v) is 8.23. The van der Waals surface area contributed by atoms with Crippen LogP contribution in [0.3, 0.4) is 0 Å². The summed E-state index contributed by atoms with van der Waals surface area (Å²) in [6.07, 6.45) is 4.01. The molecule has 2 N–H and O–H groups in total. The Bertz CT molecular complexity index is 1140. The van der Waals surface area contributed by atoms with Gasteiger partial charge in [-0.1, -0.05) is 41.1 Å². The van der Waals surface area contributed by atoms with Crippen molar-refractivity contribution in [1.82, 2.24) is 20.3 Å². The molecule has 154 valence electrons. The van der Waals surface area contributed by atoms with Crippen molar-refractivity contribution in [2.75, 3.05) is 18.4 Å². The fourth-order valence-electron chi connectivity index (χ4n) is 4.40. The Hall–Kier alpha value is -2.70. The van der Waals surface area contributed by atoms with Crippen molar-refractivity contribution in [3.63, 3.8) is 0 Å². The molecule has 1 atom stereocenters. The van der Waals surface area contributed by atoms with E-state index < -0.39 is 5.82 Å². The molecule has 30 heavy (non-hydrogen) atoms. The Morgan fingerprint density at radius 3 is 3.00 bits per heavy atom. The first-order valence-corrected chi connectivity index (χ1v) is 10.6. The molecule has 0 radical (unpaired) electrons. The van der Waals surface area contributed by atoms with E-state index in [-0.39, 0.29) is 11.1 Å². The van der Waals surface area contributed by atoms with Crippen LogP contribution in [-0.2, 0) is 6.54 Å². The highest BCUT2D eigenvalue weighted by molar-refractivity contribution is 6.31. The fraction of sp³-hybridized carbons (Fsp3) is 0.304. The normalized spacial score (nSPS) is 18.2. The number of benzene rings is 2. The molecule has 2 aliphatic heterocycles. The highest BCUT2D eigenvalue weighted by atomic mass is 35.5. The van der Waals surface area contributed by atoms with Gasteiger partial charge in [0.2, 0.25) is 0 Å². The maximum Gasteiger partial charge on any atom is 0.164 e. The zero-order valence-corrected chi connectivity index (χ0v) is 17.5. The van der Waals surface area contributed by atoms with Gasteiger partial charge in [0.25, 0.3) is 0 Å². The summed E-state index contributed by atoms with van der Waals surface area (Å²) in [5.74, 6) is -0.419. The van der Waals surface area contributed by atoms with Crippen molar-refractivity contribution in [1.29, 1.82) is 0 Å². The van der Waals surface area contributed by atoms with Gasteiger partial charge in [0.15, 0.2) is 5.82 Å². The standard InChI is InChI=1S/C23H23ClFN5/c1-14-23-17-6-5-16(15-7-10-26-11-8-15)13-18(17)20(9-12-30(23)29-28-14)27-21-4-2-3-19(24)22(21)25/h2-7,13,20,26-27H,8-12H2,1H3. The van der Waals surface area contributed by atoms with Crippen LogP contribution < -0.4 is 10.6 Å². The summed E-state index contributed by atoms with van der Waals surface area (Å²) in [5.41, 5.74) is 7.14. The molecule has 5 rings (SSSR count). The Labute approximate surface area is 179 Å². The van der Waals surface area contributed by atoms with Gasteiger partial charge in [0, 0.05) is 18.7 Å². The van der Waals surface area contributed by atoms with Crippen LogP contribution in [-0.4, -0.2) is 28.1 Å². The SMILES string of the molecule is Cc1nnn2c1-c1ccc(C3=CCNCC3)cc1C(Nc1cccc(Cl)c1F)CC2. The van der Waals surface area contributed by atoms with Gasteiger partial charge >= 0.3 is 0 Å². The summed E-state index contributed by atoms with van der Waals surface area (Å²) >= 11 is 6.02. The number of hydrogen-bond donors (Lipinski definition) is 2. The third kappa shape index (κ3) is 3.40. The van der Waals surface area contributed by atoms with Crippen molar-refractivity contribution >= 4 is 22.9 Å². The Morgan fingerprint density at radius 2 is 2.17 bits per heavy atom. The lowest BCUT2D eigenvalue weighted by Crippen LogP contribution is -2.20. The van der Waals surface area contributed by atoms with Crippen LogP contribution in [0.4, 0.5) is 10.1 Å². The highest BCUT2D eigenvalue weighted by Gasteiger charge is 2.26. The minimum atomic E-state index is -0.419. The van der Waals surface area contributed by atoms with Gasteiger partial charge in [-0.15, -0.1) is 5.10 Å². The van der Waals surface area contributed by atoms with Gasteiger partial charge in [-0.3, -0.25) is 0 Å². The molecule has 0 saturated heterocycles. The summed E-state index contributed by atoms with van der Waals surface area (Å²) in [6, 6.07) is 11.6. The molecule has 1 aromatic heterocycles. The second-order valence-electron chi connectivity index (χ2n) is 7.82. The molecular formula is C23H23ClFN5. The van der Waals surface area contributed by atoms with E-state index in [0.717, 1.165) is 48.4 Å². The maximum atomic E-state index is 14.6. The van der Waals surface area contributed by atoms with Gasteiger partial charge in [0.05, 0.1) is 28.1 Å².